The highest BCUT2D eigenvalue weighted by molar-refractivity contribution is 5.87. The standard InChI is InChI=1S/C9H12O7/c1-14-8(12)5-3-4(10)6(11)7(16-5)9(13)15-2/h3-4,6-7,10-11H,1-2H3/t4-,6-,7+/m1/s1. The van der Waals surface area contributed by atoms with Gasteiger partial charge in [0, 0.05) is 0 Å². The van der Waals surface area contributed by atoms with Gasteiger partial charge in [-0.05, 0) is 6.08 Å². The average molecular weight is 232 g/mol. The zero-order valence-electron chi connectivity index (χ0n) is 8.75. The molecule has 0 spiro atoms. The minimum Gasteiger partial charge on any atom is -0.468 e. The molecule has 0 aromatic rings. The molecule has 2 N–H and O–H groups in total. The molecule has 3 atom stereocenters. The van der Waals surface area contributed by atoms with Gasteiger partial charge in [0.25, 0.3) is 0 Å². The summed E-state index contributed by atoms with van der Waals surface area (Å²) in [5.41, 5.74) is 0. The summed E-state index contributed by atoms with van der Waals surface area (Å²) in [5, 5.41) is 18.8. The molecule has 0 bridgehead atoms. The van der Waals surface area contributed by atoms with Gasteiger partial charge in [-0.1, -0.05) is 0 Å². The minimum atomic E-state index is -1.49. The van der Waals surface area contributed by atoms with E-state index in [1.54, 1.807) is 0 Å². The number of ether oxygens (including phenoxy) is 3. The Labute approximate surface area is 91.2 Å². The van der Waals surface area contributed by atoms with Crippen molar-refractivity contribution in [1.29, 1.82) is 0 Å². The summed E-state index contributed by atoms with van der Waals surface area (Å²) in [6.45, 7) is 0. The average Bonchev–Trinajstić information content (AvgIpc) is 2.30. The third-order valence-electron chi connectivity index (χ3n) is 2.06. The summed E-state index contributed by atoms with van der Waals surface area (Å²) in [6.07, 6.45) is -3.36. The number of carbonyl (C=O) groups excluding carboxylic acids is 2. The first-order chi connectivity index (χ1) is 7.51. The van der Waals surface area contributed by atoms with E-state index in [1.165, 1.54) is 0 Å². The number of hydrogen-bond donors (Lipinski definition) is 2. The highest BCUT2D eigenvalue weighted by atomic mass is 16.6. The Balaban J connectivity index is 2.90. The number of rotatable bonds is 2. The number of methoxy groups -OCH3 is 2. The second-order valence-electron chi connectivity index (χ2n) is 3.07. The third kappa shape index (κ3) is 2.31. The van der Waals surface area contributed by atoms with Crippen LogP contribution in [0.3, 0.4) is 0 Å². The van der Waals surface area contributed by atoms with E-state index in [1.807, 2.05) is 0 Å². The number of carbonyl (C=O) groups is 2. The fourth-order valence-electron chi connectivity index (χ4n) is 1.20. The van der Waals surface area contributed by atoms with Crippen LogP contribution in [-0.2, 0) is 23.8 Å². The molecule has 7 heteroatoms. The van der Waals surface area contributed by atoms with Crippen molar-refractivity contribution in [2.24, 2.45) is 0 Å². The van der Waals surface area contributed by atoms with Gasteiger partial charge in [0.05, 0.1) is 14.2 Å². The van der Waals surface area contributed by atoms with Crippen LogP contribution in [0.5, 0.6) is 0 Å². The van der Waals surface area contributed by atoms with Crippen LogP contribution in [0.15, 0.2) is 11.8 Å². The lowest BCUT2D eigenvalue weighted by Gasteiger charge is -2.28. The molecule has 0 aliphatic carbocycles. The van der Waals surface area contributed by atoms with Crippen LogP contribution >= 0.6 is 0 Å². The van der Waals surface area contributed by atoms with Gasteiger partial charge in [-0.25, -0.2) is 9.59 Å². The van der Waals surface area contributed by atoms with Gasteiger partial charge in [-0.2, -0.15) is 0 Å². The summed E-state index contributed by atoms with van der Waals surface area (Å²) >= 11 is 0. The SMILES string of the molecule is COC(=O)C1=C[C@@H](O)[C@@H](O)[C@@H](C(=O)OC)O1. The maximum atomic E-state index is 11.2. The molecule has 0 radical (unpaired) electrons. The van der Waals surface area contributed by atoms with Crippen molar-refractivity contribution in [2.75, 3.05) is 14.2 Å². The maximum absolute atomic E-state index is 11.2. The highest BCUT2D eigenvalue weighted by Crippen LogP contribution is 2.20. The highest BCUT2D eigenvalue weighted by Gasteiger charge is 2.40. The molecule has 90 valence electrons. The van der Waals surface area contributed by atoms with E-state index in [0.29, 0.717) is 0 Å². The summed E-state index contributed by atoms with van der Waals surface area (Å²) in [6, 6.07) is 0. The first-order valence-corrected chi connectivity index (χ1v) is 4.42. The molecule has 1 heterocycles. The lowest BCUT2D eigenvalue weighted by Crippen LogP contribution is -2.47. The van der Waals surface area contributed by atoms with E-state index in [9.17, 15) is 19.8 Å². The molecule has 1 aliphatic heterocycles. The van der Waals surface area contributed by atoms with Gasteiger partial charge < -0.3 is 24.4 Å². The van der Waals surface area contributed by atoms with Crippen molar-refractivity contribution in [3.8, 4) is 0 Å². The van der Waals surface area contributed by atoms with Gasteiger partial charge in [0.15, 0.2) is 0 Å². The van der Waals surface area contributed by atoms with Crippen LogP contribution in [0.2, 0.25) is 0 Å². The Kier molecular flexibility index (Phi) is 3.86. The maximum Gasteiger partial charge on any atom is 0.373 e. The monoisotopic (exact) mass is 232 g/mol. The van der Waals surface area contributed by atoms with Crippen LogP contribution < -0.4 is 0 Å². The van der Waals surface area contributed by atoms with Crippen LogP contribution in [-0.4, -0.2) is 54.7 Å². The predicted molar refractivity (Wildman–Crippen MR) is 49.0 cm³/mol. The second-order valence-corrected chi connectivity index (χ2v) is 3.07. The normalized spacial score (nSPS) is 28.8. The Bertz CT molecular complexity index is 322. The molecule has 0 aromatic carbocycles. The van der Waals surface area contributed by atoms with E-state index in [4.69, 9.17) is 4.74 Å². The number of aliphatic hydroxyl groups excluding tert-OH is 2. The summed E-state index contributed by atoms with van der Waals surface area (Å²) in [7, 11) is 2.22. The first-order valence-electron chi connectivity index (χ1n) is 4.42. The quantitative estimate of drug-likeness (QED) is 0.549. The third-order valence-corrected chi connectivity index (χ3v) is 2.06. The molecular formula is C9H12O7. The van der Waals surface area contributed by atoms with Gasteiger partial charge in [0.1, 0.15) is 12.2 Å². The molecule has 0 amide bonds. The summed E-state index contributed by atoms with van der Waals surface area (Å²) in [4.78, 5) is 22.3. The second kappa shape index (κ2) is 4.95. The largest absolute Gasteiger partial charge is 0.468 e. The Morgan fingerprint density at radius 1 is 1.31 bits per heavy atom. The van der Waals surface area contributed by atoms with E-state index >= 15 is 0 Å². The molecule has 0 unspecified atom stereocenters. The molecule has 7 nitrogen and oxygen atoms in total. The molecule has 0 saturated heterocycles. The molecule has 1 aliphatic rings. The smallest absolute Gasteiger partial charge is 0.373 e. The molecule has 16 heavy (non-hydrogen) atoms. The number of esters is 2. The van der Waals surface area contributed by atoms with Crippen molar-refractivity contribution in [2.45, 2.75) is 18.3 Å². The van der Waals surface area contributed by atoms with Crippen LogP contribution in [0.4, 0.5) is 0 Å². The van der Waals surface area contributed by atoms with E-state index in [-0.39, 0.29) is 5.76 Å². The van der Waals surface area contributed by atoms with Gasteiger partial charge in [0.2, 0.25) is 11.9 Å². The summed E-state index contributed by atoms with van der Waals surface area (Å²) < 4.78 is 13.6. The van der Waals surface area contributed by atoms with E-state index in [0.717, 1.165) is 20.3 Å². The molecule has 0 fully saturated rings. The van der Waals surface area contributed by atoms with Crippen molar-refractivity contribution in [3.05, 3.63) is 11.8 Å². The van der Waals surface area contributed by atoms with E-state index in [2.05, 4.69) is 9.47 Å². The van der Waals surface area contributed by atoms with Crippen LogP contribution in [0.1, 0.15) is 0 Å². The lowest BCUT2D eigenvalue weighted by molar-refractivity contribution is -0.168. The Hall–Kier alpha value is -1.60. The van der Waals surface area contributed by atoms with E-state index < -0.39 is 30.3 Å². The zero-order chi connectivity index (χ0) is 12.3. The lowest BCUT2D eigenvalue weighted by atomic mass is 10.0. The van der Waals surface area contributed by atoms with Crippen LogP contribution in [0, 0.1) is 0 Å². The van der Waals surface area contributed by atoms with Gasteiger partial charge in [-0.15, -0.1) is 0 Å². The van der Waals surface area contributed by atoms with Gasteiger partial charge in [-0.3, -0.25) is 0 Å². The predicted octanol–water partition coefficient (Wildman–Crippen LogP) is -1.66. The fourth-order valence-corrected chi connectivity index (χ4v) is 1.20. The molecular weight excluding hydrogens is 220 g/mol. The van der Waals surface area contributed by atoms with Gasteiger partial charge >= 0.3 is 11.9 Å². The Morgan fingerprint density at radius 3 is 2.44 bits per heavy atom. The number of hydrogen-bond acceptors (Lipinski definition) is 7. The fraction of sp³-hybridized carbons (Fsp3) is 0.556. The molecule has 1 rings (SSSR count). The molecule has 0 aromatic heterocycles. The first kappa shape index (κ1) is 12.5. The molecule has 0 saturated carbocycles. The van der Waals surface area contributed by atoms with Crippen molar-refractivity contribution >= 4 is 11.9 Å². The van der Waals surface area contributed by atoms with Crippen molar-refractivity contribution in [1.82, 2.24) is 0 Å². The van der Waals surface area contributed by atoms with Crippen molar-refractivity contribution in [3.63, 3.8) is 0 Å². The minimum absolute atomic E-state index is 0.337. The summed E-state index contributed by atoms with van der Waals surface area (Å²) in [5.74, 6) is -2.07. The zero-order valence-corrected chi connectivity index (χ0v) is 8.75. The van der Waals surface area contributed by atoms with Crippen molar-refractivity contribution < 1.29 is 34.0 Å². The van der Waals surface area contributed by atoms with Crippen LogP contribution in [0.25, 0.3) is 0 Å². The Morgan fingerprint density at radius 2 is 1.94 bits per heavy atom. The topological polar surface area (TPSA) is 102 Å². The number of aliphatic hydroxyl groups is 2.